The quantitative estimate of drug-likeness (QED) is 0.226. The molecule has 0 amide bonds. The molecule has 1 aromatic rings. The van der Waals surface area contributed by atoms with Gasteiger partial charge in [-0.1, -0.05) is 6.07 Å². The Morgan fingerprint density at radius 1 is 1.12 bits per heavy atom. The number of carboxylic acid groups (broad SMARTS) is 2. The highest BCUT2D eigenvalue weighted by Crippen LogP contribution is 2.65. The first-order valence-corrected chi connectivity index (χ1v) is 13.0. The molecule has 4 N–H and O–H groups in total. The number of aromatic hydroxyl groups is 1. The minimum atomic E-state index is -2.08. The number of likely N-dealkylation sites (tertiary alicyclic amines) is 1. The second-order valence-corrected chi connectivity index (χ2v) is 10.7. The summed E-state index contributed by atoms with van der Waals surface area (Å²) < 4.78 is 21.4. The van der Waals surface area contributed by atoms with Crippen LogP contribution in [0.5, 0.6) is 11.5 Å². The smallest absolute Gasteiger partial charge is 0.348 e. The highest BCUT2D eigenvalue weighted by atomic mass is 16.6. The fraction of sp³-hybridized carbons (Fsp3) is 0.519. The van der Waals surface area contributed by atoms with Crippen molar-refractivity contribution in [3.63, 3.8) is 0 Å². The summed E-state index contributed by atoms with van der Waals surface area (Å²) in [5.41, 5.74) is -0.751. The Morgan fingerprint density at radius 3 is 2.51 bits per heavy atom. The van der Waals surface area contributed by atoms with Gasteiger partial charge in [-0.3, -0.25) is 14.4 Å². The zero-order chi connectivity index (χ0) is 29.9. The number of piperidine rings is 1. The molecule has 41 heavy (non-hydrogen) atoms. The van der Waals surface area contributed by atoms with Gasteiger partial charge in [0.1, 0.15) is 5.76 Å². The third-order valence-corrected chi connectivity index (χ3v) is 8.40. The Bertz CT molecular complexity index is 1370. The van der Waals surface area contributed by atoms with Gasteiger partial charge in [0, 0.05) is 24.9 Å². The van der Waals surface area contributed by atoms with Gasteiger partial charge in [-0.25, -0.2) is 9.59 Å². The van der Waals surface area contributed by atoms with Crippen LogP contribution in [0, 0.1) is 0 Å². The van der Waals surface area contributed by atoms with Gasteiger partial charge in [0.25, 0.3) is 0 Å². The summed E-state index contributed by atoms with van der Waals surface area (Å²) in [5.74, 6) is -6.66. The van der Waals surface area contributed by atoms with Gasteiger partial charge in [0.05, 0.1) is 23.9 Å². The number of rotatable bonds is 9. The van der Waals surface area contributed by atoms with Crippen molar-refractivity contribution in [1.82, 2.24) is 4.90 Å². The summed E-state index contributed by atoms with van der Waals surface area (Å²) in [7, 11) is 1.92. The van der Waals surface area contributed by atoms with Crippen LogP contribution in [0.1, 0.15) is 43.7 Å². The van der Waals surface area contributed by atoms with Crippen molar-refractivity contribution < 1.29 is 63.3 Å². The number of carboxylic acids is 2. The number of ether oxygens (including phenoxy) is 4. The number of carbonyl (C=O) groups is 5. The largest absolute Gasteiger partial charge is 0.504 e. The number of benzene rings is 1. The van der Waals surface area contributed by atoms with Crippen LogP contribution in [-0.4, -0.2) is 98.7 Å². The second-order valence-electron chi connectivity index (χ2n) is 10.7. The third-order valence-electron chi connectivity index (χ3n) is 8.40. The second kappa shape index (κ2) is 10.0. The lowest BCUT2D eigenvalue weighted by Crippen LogP contribution is -2.74. The molecule has 5 rings (SSSR count). The molecule has 1 spiro atoms. The van der Waals surface area contributed by atoms with Crippen LogP contribution in [0.4, 0.5) is 0 Å². The van der Waals surface area contributed by atoms with Crippen LogP contribution in [0.2, 0.25) is 0 Å². The van der Waals surface area contributed by atoms with Crippen LogP contribution in [-0.2, 0) is 50.0 Å². The molecule has 6 atom stereocenters. The predicted molar refractivity (Wildman–Crippen MR) is 133 cm³/mol. The van der Waals surface area contributed by atoms with E-state index in [1.165, 1.54) is 12.1 Å². The maximum absolute atomic E-state index is 13.1. The van der Waals surface area contributed by atoms with Gasteiger partial charge in [0.2, 0.25) is 12.2 Å². The molecule has 0 unspecified atom stereocenters. The average molecular weight is 576 g/mol. The Labute approximate surface area is 233 Å². The average Bonchev–Trinajstić information content (AvgIpc) is 3.24. The lowest BCUT2D eigenvalue weighted by atomic mass is 9.50. The number of nitrogens with zero attached hydrogens (tertiary/aromatic N) is 1. The number of likely N-dealkylation sites (N-methyl/N-ethyl adjacent to an activating group) is 1. The van der Waals surface area contributed by atoms with E-state index in [9.17, 15) is 34.2 Å². The molecular weight excluding hydrogens is 546 g/mol. The van der Waals surface area contributed by atoms with Crippen molar-refractivity contribution in [3.8, 4) is 11.5 Å². The van der Waals surface area contributed by atoms with E-state index in [1.54, 1.807) is 6.07 Å². The Hall–Kier alpha value is -4.17. The molecular formula is C27H29NO13. The maximum Gasteiger partial charge on any atom is 0.348 e. The fourth-order valence-corrected chi connectivity index (χ4v) is 6.69. The normalized spacial score (nSPS) is 28.7. The van der Waals surface area contributed by atoms with Crippen molar-refractivity contribution in [2.75, 3.05) is 13.6 Å². The first-order valence-electron chi connectivity index (χ1n) is 13.0. The molecule has 0 radical (unpaired) electrons. The van der Waals surface area contributed by atoms with Gasteiger partial charge < -0.3 is 44.3 Å². The highest BCUT2D eigenvalue weighted by molar-refractivity contribution is 5.87. The van der Waals surface area contributed by atoms with Crippen LogP contribution in [0.25, 0.3) is 0 Å². The number of phenols is 1. The van der Waals surface area contributed by atoms with E-state index in [4.69, 9.17) is 29.2 Å². The summed E-state index contributed by atoms with van der Waals surface area (Å²) in [5, 5.41) is 40.8. The number of hydrogen-bond donors (Lipinski definition) is 4. The Balaban J connectivity index is 1.40. The minimum Gasteiger partial charge on any atom is -0.504 e. The molecule has 220 valence electrons. The number of phenolic OH excluding ortho intramolecular Hbond substituents is 1. The summed E-state index contributed by atoms with van der Waals surface area (Å²) in [6.45, 7) is 1.55. The van der Waals surface area contributed by atoms with Crippen LogP contribution >= 0.6 is 0 Å². The summed E-state index contributed by atoms with van der Waals surface area (Å²) >= 11 is 0. The monoisotopic (exact) mass is 575 g/mol. The van der Waals surface area contributed by atoms with Crippen LogP contribution < -0.4 is 4.74 Å². The SMILES string of the molecule is CC(=O)O[C@@H](CC(=O)OC1=CC[C@@]2(O)[C@@H]3Cc4ccc(O)c5c4[C@@]2(CCN3C)[C@H]1O5)C(=O)O[C@@H](CC(=O)O)C(=O)O. The molecule has 1 fully saturated rings. The molecule has 0 aromatic heterocycles. The number of esters is 3. The lowest BCUT2D eigenvalue weighted by molar-refractivity contribution is -0.181. The fourth-order valence-electron chi connectivity index (χ4n) is 6.69. The van der Waals surface area contributed by atoms with Gasteiger partial charge in [-0.05, 0) is 44.1 Å². The summed E-state index contributed by atoms with van der Waals surface area (Å²) in [6.07, 6.45) is -4.34. The molecule has 2 aliphatic heterocycles. The summed E-state index contributed by atoms with van der Waals surface area (Å²) in [4.78, 5) is 61.6. The van der Waals surface area contributed by atoms with Crippen LogP contribution in [0.3, 0.4) is 0 Å². The van der Waals surface area contributed by atoms with Crippen molar-refractivity contribution in [3.05, 3.63) is 35.1 Å². The van der Waals surface area contributed by atoms with Gasteiger partial charge in [-0.15, -0.1) is 0 Å². The first-order chi connectivity index (χ1) is 19.3. The van der Waals surface area contributed by atoms with Gasteiger partial charge in [0.15, 0.2) is 17.6 Å². The molecule has 14 heteroatoms. The standard InChI is InChI=1S/C27H29NO13/c1-12(29)38-17(25(36)40-16(24(34)35)10-19(31)32)11-20(33)39-15-5-6-27(37)18-9-13-3-4-14(30)22-21(13)26(27,23(15)41-22)7-8-28(18)2/h3-5,16-18,23,30,37H,6-11H2,1-2H3,(H,31,32)(H,34,35)/t16-,17-,18-,23-,26-,27+/m0/s1. The number of carbonyl (C=O) groups excluding carboxylic acids is 3. The first kappa shape index (κ1) is 28.4. The Morgan fingerprint density at radius 2 is 1.85 bits per heavy atom. The number of aliphatic hydroxyl groups is 1. The topological polar surface area (TPSA) is 206 Å². The summed E-state index contributed by atoms with van der Waals surface area (Å²) in [6, 6.07) is 3.04. The van der Waals surface area contributed by atoms with E-state index in [-0.39, 0.29) is 29.7 Å². The molecule has 14 nitrogen and oxygen atoms in total. The number of aliphatic carboxylic acids is 2. The molecule has 1 saturated heterocycles. The zero-order valence-electron chi connectivity index (χ0n) is 22.2. The minimum absolute atomic E-state index is 0.0376. The third kappa shape index (κ3) is 4.47. The number of hydrogen-bond acceptors (Lipinski definition) is 12. The molecule has 1 aromatic carbocycles. The van der Waals surface area contributed by atoms with E-state index in [0.29, 0.717) is 24.9 Å². The highest BCUT2D eigenvalue weighted by Gasteiger charge is 2.72. The predicted octanol–water partition coefficient (Wildman–Crippen LogP) is 0.00600. The van der Waals surface area contributed by atoms with E-state index < -0.39 is 72.0 Å². The van der Waals surface area contributed by atoms with Crippen molar-refractivity contribution in [1.29, 1.82) is 0 Å². The van der Waals surface area contributed by atoms with E-state index in [2.05, 4.69) is 4.90 Å². The zero-order valence-corrected chi connectivity index (χ0v) is 22.2. The molecule has 2 aliphatic carbocycles. The van der Waals surface area contributed by atoms with E-state index in [0.717, 1.165) is 12.5 Å². The molecule has 2 heterocycles. The molecule has 2 bridgehead atoms. The maximum atomic E-state index is 13.1. The molecule has 4 aliphatic rings. The van der Waals surface area contributed by atoms with Crippen molar-refractivity contribution in [2.45, 2.75) is 74.4 Å². The van der Waals surface area contributed by atoms with Crippen LogP contribution in [0.15, 0.2) is 24.0 Å². The molecule has 0 saturated carbocycles. The van der Waals surface area contributed by atoms with Gasteiger partial charge in [-0.2, -0.15) is 0 Å². The Kier molecular flexibility index (Phi) is 6.94. The van der Waals surface area contributed by atoms with E-state index >= 15 is 0 Å². The van der Waals surface area contributed by atoms with Crippen molar-refractivity contribution >= 4 is 29.8 Å². The van der Waals surface area contributed by atoms with Gasteiger partial charge >= 0.3 is 29.8 Å². The lowest BCUT2D eigenvalue weighted by Gasteiger charge is -2.61. The van der Waals surface area contributed by atoms with E-state index in [1.807, 2.05) is 7.05 Å². The van der Waals surface area contributed by atoms with Crippen molar-refractivity contribution in [2.24, 2.45) is 0 Å².